The van der Waals surface area contributed by atoms with Crippen molar-refractivity contribution in [2.45, 2.75) is 52.9 Å². The SMILES string of the molecule is Cc1cc(-c2nnc(-c3ccc(OC(C)C)c(C)c3)s2)c(Cl)cc1OC[C@H](N)[C@H](C)OP(=O)(O)O. The number of nitrogens with two attached hydrogens (primary N) is 1. The quantitative estimate of drug-likeness (QED) is 0.298. The van der Waals surface area contributed by atoms with Gasteiger partial charge in [-0.25, -0.2) is 4.57 Å². The summed E-state index contributed by atoms with van der Waals surface area (Å²) in [5, 5.41) is 10.5. The molecule has 0 aliphatic rings. The molecule has 0 saturated carbocycles. The first kappa shape index (κ1) is 27.5. The molecule has 1 aromatic heterocycles. The summed E-state index contributed by atoms with van der Waals surface area (Å²) < 4.78 is 27.2. The number of ether oxygens (including phenoxy) is 2. The van der Waals surface area contributed by atoms with Crippen molar-refractivity contribution in [3.63, 3.8) is 0 Å². The highest BCUT2D eigenvalue weighted by Gasteiger charge is 2.24. The fourth-order valence-electron chi connectivity index (χ4n) is 3.22. The number of hydrogen-bond acceptors (Lipinski definition) is 8. The molecule has 3 aromatic rings. The molecule has 3 rings (SSSR count). The molecule has 0 radical (unpaired) electrons. The van der Waals surface area contributed by atoms with Crippen LogP contribution in [0.4, 0.5) is 0 Å². The van der Waals surface area contributed by atoms with Gasteiger partial charge in [-0.1, -0.05) is 22.9 Å². The van der Waals surface area contributed by atoms with Gasteiger partial charge in [0.2, 0.25) is 0 Å². The number of aryl methyl sites for hydroxylation is 2. The first-order valence-corrected chi connectivity index (χ1v) is 13.6. The third-order valence-corrected chi connectivity index (χ3v) is 6.97. The Morgan fingerprint density at radius 1 is 1.06 bits per heavy atom. The summed E-state index contributed by atoms with van der Waals surface area (Å²) in [5.74, 6) is 1.34. The smallest absolute Gasteiger partial charge is 0.469 e. The number of rotatable bonds is 10. The third kappa shape index (κ3) is 7.47. The normalized spacial score (nSPS) is 13.7. The average molecular weight is 542 g/mol. The van der Waals surface area contributed by atoms with E-state index in [1.807, 2.05) is 52.0 Å². The first-order valence-electron chi connectivity index (χ1n) is 10.9. The van der Waals surface area contributed by atoms with Crippen molar-refractivity contribution in [3.8, 4) is 32.6 Å². The zero-order valence-corrected chi connectivity index (χ0v) is 22.5. The van der Waals surface area contributed by atoms with E-state index in [9.17, 15) is 4.57 Å². The van der Waals surface area contributed by atoms with Gasteiger partial charge in [0.25, 0.3) is 0 Å². The molecule has 0 aliphatic heterocycles. The second-order valence-electron chi connectivity index (χ2n) is 8.43. The predicted octanol–water partition coefficient (Wildman–Crippen LogP) is 5.13. The van der Waals surface area contributed by atoms with Crippen LogP contribution in [0, 0.1) is 13.8 Å². The highest BCUT2D eigenvalue weighted by molar-refractivity contribution is 7.46. The number of hydrogen-bond donors (Lipinski definition) is 3. The van der Waals surface area contributed by atoms with Crippen molar-refractivity contribution < 1.29 is 28.3 Å². The highest BCUT2D eigenvalue weighted by atomic mass is 35.5. The van der Waals surface area contributed by atoms with Crippen molar-refractivity contribution in [1.82, 2.24) is 10.2 Å². The number of phosphoric ester groups is 1. The Morgan fingerprint density at radius 2 is 1.71 bits per heavy atom. The van der Waals surface area contributed by atoms with Crippen LogP contribution in [0.2, 0.25) is 5.02 Å². The maximum atomic E-state index is 11.0. The Morgan fingerprint density at radius 3 is 2.34 bits per heavy atom. The van der Waals surface area contributed by atoms with Gasteiger partial charge >= 0.3 is 7.82 Å². The van der Waals surface area contributed by atoms with Crippen LogP contribution in [-0.2, 0) is 9.09 Å². The molecular weight excluding hydrogens is 513 g/mol. The summed E-state index contributed by atoms with van der Waals surface area (Å²) in [5.41, 5.74) is 9.40. The van der Waals surface area contributed by atoms with Crippen LogP contribution in [0.1, 0.15) is 31.9 Å². The third-order valence-electron chi connectivity index (χ3n) is 5.04. The highest BCUT2D eigenvalue weighted by Crippen LogP contribution is 2.39. The van der Waals surface area contributed by atoms with Crippen LogP contribution in [-0.4, -0.2) is 44.8 Å². The summed E-state index contributed by atoms with van der Waals surface area (Å²) in [6.07, 6.45) is -0.808. The van der Waals surface area contributed by atoms with E-state index in [0.29, 0.717) is 15.8 Å². The molecule has 12 heteroatoms. The van der Waals surface area contributed by atoms with E-state index in [1.165, 1.54) is 18.3 Å². The Bertz CT molecular complexity index is 1230. The standard InChI is InChI=1S/C23H29ClN3O6PS/c1-12(2)32-20-7-6-16(8-13(20)3)22-26-27-23(35-22)17-9-14(4)21(10-18(17)24)31-11-19(25)15(5)33-34(28,29)30/h6-10,12,15,19H,11,25H2,1-5H3,(H2,28,29,30)/t15-,19-/m0/s1. The number of nitrogens with zero attached hydrogens (tertiary/aromatic N) is 2. The minimum atomic E-state index is -4.64. The molecule has 35 heavy (non-hydrogen) atoms. The first-order chi connectivity index (χ1) is 16.3. The number of phosphoric acid groups is 1. The molecule has 0 aliphatic carbocycles. The van der Waals surface area contributed by atoms with Crippen molar-refractivity contribution in [1.29, 1.82) is 0 Å². The molecule has 4 N–H and O–H groups in total. The fraction of sp³-hybridized carbons (Fsp3) is 0.391. The molecule has 2 aromatic carbocycles. The topological polar surface area (TPSA) is 137 Å². The molecule has 9 nitrogen and oxygen atoms in total. The Labute approximate surface area is 213 Å². The monoisotopic (exact) mass is 541 g/mol. The van der Waals surface area contributed by atoms with Crippen molar-refractivity contribution in [2.75, 3.05) is 6.61 Å². The van der Waals surface area contributed by atoms with Gasteiger partial charge in [-0.05, 0) is 76.1 Å². The summed E-state index contributed by atoms with van der Waals surface area (Å²) in [4.78, 5) is 17.9. The van der Waals surface area contributed by atoms with Gasteiger partial charge in [-0.15, -0.1) is 10.2 Å². The predicted molar refractivity (Wildman–Crippen MR) is 137 cm³/mol. The maximum Gasteiger partial charge on any atom is 0.469 e. The molecule has 190 valence electrons. The van der Waals surface area contributed by atoms with Gasteiger partial charge in [0.15, 0.2) is 0 Å². The summed E-state index contributed by atoms with van der Waals surface area (Å²) in [6, 6.07) is 8.67. The molecule has 0 amide bonds. The molecule has 0 saturated heterocycles. The maximum absolute atomic E-state index is 11.0. The van der Waals surface area contributed by atoms with Crippen LogP contribution in [0.5, 0.6) is 11.5 Å². The van der Waals surface area contributed by atoms with Gasteiger partial charge < -0.3 is 25.0 Å². The minimum absolute atomic E-state index is 0.0174. The van der Waals surface area contributed by atoms with Gasteiger partial charge in [0.1, 0.15) is 28.1 Å². The zero-order valence-electron chi connectivity index (χ0n) is 20.1. The van der Waals surface area contributed by atoms with Crippen molar-refractivity contribution >= 4 is 30.8 Å². The molecular formula is C23H29ClN3O6PS. The lowest BCUT2D eigenvalue weighted by molar-refractivity contribution is 0.107. The fourth-order valence-corrected chi connectivity index (χ4v) is 4.98. The lowest BCUT2D eigenvalue weighted by Crippen LogP contribution is -2.39. The van der Waals surface area contributed by atoms with E-state index in [0.717, 1.165) is 33.0 Å². The van der Waals surface area contributed by atoms with E-state index in [-0.39, 0.29) is 12.7 Å². The Balaban J connectivity index is 1.75. The number of aromatic nitrogens is 2. The molecule has 0 spiro atoms. The van der Waals surface area contributed by atoms with E-state index >= 15 is 0 Å². The summed E-state index contributed by atoms with van der Waals surface area (Å²) in [6.45, 7) is 9.28. The second-order valence-corrected chi connectivity index (χ2v) is 11.0. The van der Waals surface area contributed by atoms with E-state index in [2.05, 4.69) is 14.7 Å². The van der Waals surface area contributed by atoms with Gasteiger partial charge in [-0.2, -0.15) is 0 Å². The molecule has 1 heterocycles. The van der Waals surface area contributed by atoms with Gasteiger partial charge in [-0.3, -0.25) is 4.52 Å². The van der Waals surface area contributed by atoms with Gasteiger partial charge in [0.05, 0.1) is 23.3 Å². The van der Waals surface area contributed by atoms with Crippen molar-refractivity contribution in [2.24, 2.45) is 5.73 Å². The van der Waals surface area contributed by atoms with Gasteiger partial charge in [0, 0.05) is 11.1 Å². The number of halogens is 1. The Hall–Kier alpha value is -2.04. The minimum Gasteiger partial charge on any atom is -0.492 e. The molecule has 0 unspecified atom stereocenters. The van der Waals surface area contributed by atoms with Crippen LogP contribution >= 0.6 is 30.8 Å². The van der Waals surface area contributed by atoms with Crippen LogP contribution in [0.3, 0.4) is 0 Å². The van der Waals surface area contributed by atoms with E-state index < -0.39 is 20.0 Å². The van der Waals surface area contributed by atoms with Crippen LogP contribution < -0.4 is 15.2 Å². The van der Waals surface area contributed by atoms with Crippen LogP contribution in [0.15, 0.2) is 30.3 Å². The average Bonchev–Trinajstić information content (AvgIpc) is 3.23. The lowest BCUT2D eigenvalue weighted by Gasteiger charge is -2.21. The lowest BCUT2D eigenvalue weighted by atomic mass is 10.1. The van der Waals surface area contributed by atoms with E-state index in [1.54, 1.807) is 6.07 Å². The zero-order chi connectivity index (χ0) is 25.9. The molecule has 0 fully saturated rings. The van der Waals surface area contributed by atoms with Crippen LogP contribution in [0.25, 0.3) is 21.1 Å². The molecule has 0 bridgehead atoms. The second kappa shape index (κ2) is 11.3. The largest absolute Gasteiger partial charge is 0.492 e. The Kier molecular flexibility index (Phi) is 8.93. The van der Waals surface area contributed by atoms with Crippen molar-refractivity contribution in [3.05, 3.63) is 46.5 Å². The molecule has 2 atom stereocenters. The number of benzene rings is 2. The summed E-state index contributed by atoms with van der Waals surface area (Å²) >= 11 is 7.96. The summed E-state index contributed by atoms with van der Waals surface area (Å²) in [7, 11) is -4.64. The van der Waals surface area contributed by atoms with E-state index in [4.69, 9.17) is 36.6 Å².